The fourth-order valence-corrected chi connectivity index (χ4v) is 3.21. The number of cyclic esters (lactones) is 1. The molecule has 0 spiro atoms. The number of amides is 2. The summed E-state index contributed by atoms with van der Waals surface area (Å²) in [5.74, 6) is -0.701. The number of carbonyl (C=O) groups is 2. The Hall–Kier alpha value is -3.68. The molecule has 4 rings (SSSR count). The highest BCUT2D eigenvalue weighted by atomic mass is 19.1. The first-order valence-electron chi connectivity index (χ1n) is 9.12. The lowest BCUT2D eigenvalue weighted by molar-refractivity contribution is 0.0910. The number of aromatic nitrogens is 2. The Kier molecular flexibility index (Phi) is 4.99. The SMILES string of the molecule is Cn1nc(C(=O)NCC2CN(c3ccccc3)C(=O)O2)cc1-c1ccc(F)cc1. The van der Waals surface area contributed by atoms with E-state index in [1.54, 1.807) is 29.9 Å². The molecule has 148 valence electrons. The zero-order chi connectivity index (χ0) is 20.4. The maximum atomic E-state index is 13.1. The van der Waals surface area contributed by atoms with Gasteiger partial charge in [-0.3, -0.25) is 14.4 Å². The van der Waals surface area contributed by atoms with E-state index in [4.69, 9.17) is 4.74 Å². The number of anilines is 1. The summed E-state index contributed by atoms with van der Waals surface area (Å²) in [6.07, 6.45) is -0.890. The predicted molar refractivity (Wildman–Crippen MR) is 105 cm³/mol. The number of nitrogens with zero attached hydrogens (tertiary/aromatic N) is 3. The Bertz CT molecular complexity index is 1030. The second-order valence-electron chi connectivity index (χ2n) is 6.71. The van der Waals surface area contributed by atoms with Crippen LogP contribution in [-0.2, 0) is 11.8 Å². The summed E-state index contributed by atoms with van der Waals surface area (Å²) in [5.41, 5.74) is 2.43. The number of nitrogens with one attached hydrogen (secondary N) is 1. The Morgan fingerprint density at radius 3 is 2.66 bits per heavy atom. The highest BCUT2D eigenvalue weighted by Gasteiger charge is 2.32. The Balaban J connectivity index is 1.39. The van der Waals surface area contributed by atoms with Crippen LogP contribution in [0.1, 0.15) is 10.5 Å². The quantitative estimate of drug-likeness (QED) is 0.722. The van der Waals surface area contributed by atoms with Gasteiger partial charge in [-0.05, 0) is 48.0 Å². The Morgan fingerprint density at radius 2 is 1.93 bits per heavy atom. The minimum Gasteiger partial charge on any atom is -0.442 e. The third-order valence-corrected chi connectivity index (χ3v) is 4.68. The molecule has 29 heavy (non-hydrogen) atoms. The molecular weight excluding hydrogens is 375 g/mol. The van der Waals surface area contributed by atoms with E-state index in [0.717, 1.165) is 11.3 Å². The molecule has 1 aliphatic heterocycles. The van der Waals surface area contributed by atoms with Crippen LogP contribution in [0.15, 0.2) is 60.7 Å². The van der Waals surface area contributed by atoms with Crippen LogP contribution < -0.4 is 10.2 Å². The molecule has 1 N–H and O–H groups in total. The van der Waals surface area contributed by atoms with Gasteiger partial charge in [0.1, 0.15) is 11.9 Å². The number of benzene rings is 2. The summed E-state index contributed by atoms with van der Waals surface area (Å²) < 4.78 is 20.0. The van der Waals surface area contributed by atoms with Gasteiger partial charge in [0.05, 0.1) is 18.8 Å². The number of hydrogen-bond acceptors (Lipinski definition) is 4. The smallest absolute Gasteiger partial charge is 0.414 e. The molecule has 0 radical (unpaired) electrons. The molecule has 0 aliphatic carbocycles. The molecular formula is C21H19FN4O3. The third kappa shape index (κ3) is 3.96. The van der Waals surface area contributed by atoms with Crippen molar-refractivity contribution >= 4 is 17.7 Å². The largest absolute Gasteiger partial charge is 0.442 e. The van der Waals surface area contributed by atoms with E-state index in [9.17, 15) is 14.0 Å². The highest BCUT2D eigenvalue weighted by Crippen LogP contribution is 2.22. The minimum atomic E-state index is -0.452. The first-order chi connectivity index (χ1) is 14.0. The van der Waals surface area contributed by atoms with Crippen molar-refractivity contribution in [2.24, 2.45) is 7.05 Å². The topological polar surface area (TPSA) is 76.5 Å². The number of rotatable bonds is 5. The first kappa shape index (κ1) is 18.7. The molecule has 8 heteroatoms. The zero-order valence-electron chi connectivity index (χ0n) is 15.7. The summed E-state index contributed by atoms with van der Waals surface area (Å²) in [4.78, 5) is 26.1. The van der Waals surface area contributed by atoms with Crippen LogP contribution in [0.5, 0.6) is 0 Å². The molecule has 2 amide bonds. The Labute approximate surface area is 166 Å². The minimum absolute atomic E-state index is 0.177. The summed E-state index contributed by atoms with van der Waals surface area (Å²) >= 11 is 0. The van der Waals surface area contributed by atoms with Crippen molar-refractivity contribution < 1.29 is 18.7 Å². The molecule has 2 aromatic carbocycles. The molecule has 3 aromatic rings. The van der Waals surface area contributed by atoms with Gasteiger partial charge in [0.15, 0.2) is 5.69 Å². The maximum absolute atomic E-state index is 13.1. The van der Waals surface area contributed by atoms with Gasteiger partial charge in [0, 0.05) is 12.7 Å². The normalized spacial score (nSPS) is 16.0. The van der Waals surface area contributed by atoms with Crippen LogP contribution in [-0.4, -0.2) is 41.0 Å². The molecule has 1 fully saturated rings. The van der Waals surface area contributed by atoms with Gasteiger partial charge in [-0.2, -0.15) is 5.10 Å². The molecule has 1 saturated heterocycles. The number of para-hydroxylation sites is 1. The van der Waals surface area contributed by atoms with Crippen LogP contribution in [0.3, 0.4) is 0 Å². The highest BCUT2D eigenvalue weighted by molar-refractivity contribution is 5.93. The van der Waals surface area contributed by atoms with Crippen molar-refractivity contribution in [3.8, 4) is 11.3 Å². The van der Waals surface area contributed by atoms with Crippen molar-refractivity contribution in [2.75, 3.05) is 18.0 Å². The molecule has 1 aliphatic rings. The van der Waals surface area contributed by atoms with Gasteiger partial charge in [0.2, 0.25) is 0 Å². The van der Waals surface area contributed by atoms with E-state index in [1.807, 2.05) is 30.3 Å². The van der Waals surface area contributed by atoms with Crippen LogP contribution in [0, 0.1) is 5.82 Å². The summed E-state index contributed by atoms with van der Waals surface area (Å²) in [7, 11) is 1.71. The number of hydrogen-bond donors (Lipinski definition) is 1. The van der Waals surface area contributed by atoms with Crippen molar-refractivity contribution in [1.29, 1.82) is 0 Å². The monoisotopic (exact) mass is 394 g/mol. The second-order valence-corrected chi connectivity index (χ2v) is 6.71. The third-order valence-electron chi connectivity index (χ3n) is 4.68. The lowest BCUT2D eigenvalue weighted by Gasteiger charge is -2.12. The first-order valence-corrected chi connectivity index (χ1v) is 9.12. The van der Waals surface area contributed by atoms with Gasteiger partial charge in [0.25, 0.3) is 5.91 Å². The van der Waals surface area contributed by atoms with Crippen LogP contribution in [0.2, 0.25) is 0 Å². The standard InChI is InChI=1S/C21H19FN4O3/c1-25-19(14-7-9-15(22)10-8-14)11-18(24-25)20(27)23-12-17-13-26(21(28)29-17)16-5-3-2-4-6-16/h2-11,17H,12-13H2,1H3,(H,23,27). The van der Waals surface area contributed by atoms with Crippen LogP contribution in [0.4, 0.5) is 14.9 Å². The van der Waals surface area contributed by atoms with E-state index < -0.39 is 12.2 Å². The van der Waals surface area contributed by atoms with Gasteiger partial charge < -0.3 is 10.1 Å². The van der Waals surface area contributed by atoms with Crippen molar-refractivity contribution in [3.63, 3.8) is 0 Å². The number of carbonyl (C=O) groups excluding carboxylic acids is 2. The van der Waals surface area contributed by atoms with Crippen LogP contribution >= 0.6 is 0 Å². The molecule has 0 bridgehead atoms. The fraction of sp³-hybridized carbons (Fsp3) is 0.190. The van der Waals surface area contributed by atoms with Crippen molar-refractivity contribution in [2.45, 2.75) is 6.10 Å². The average molecular weight is 394 g/mol. The van der Waals surface area contributed by atoms with E-state index in [0.29, 0.717) is 12.2 Å². The van der Waals surface area contributed by atoms with Crippen molar-refractivity contribution in [3.05, 3.63) is 72.2 Å². The lowest BCUT2D eigenvalue weighted by atomic mass is 10.1. The van der Waals surface area contributed by atoms with E-state index in [-0.39, 0.29) is 24.0 Å². The van der Waals surface area contributed by atoms with Gasteiger partial charge >= 0.3 is 6.09 Å². The summed E-state index contributed by atoms with van der Waals surface area (Å²) in [6, 6.07) is 16.8. The van der Waals surface area contributed by atoms with Gasteiger partial charge in [-0.1, -0.05) is 18.2 Å². The van der Waals surface area contributed by atoms with Crippen LogP contribution in [0.25, 0.3) is 11.3 Å². The molecule has 1 aromatic heterocycles. The average Bonchev–Trinajstić information content (AvgIpc) is 3.30. The van der Waals surface area contributed by atoms with E-state index in [2.05, 4.69) is 10.4 Å². The maximum Gasteiger partial charge on any atom is 0.414 e. The van der Waals surface area contributed by atoms with E-state index in [1.165, 1.54) is 17.0 Å². The fourth-order valence-electron chi connectivity index (χ4n) is 3.21. The molecule has 0 saturated carbocycles. The molecule has 1 atom stereocenters. The predicted octanol–water partition coefficient (Wildman–Crippen LogP) is 2.98. The number of ether oxygens (including phenoxy) is 1. The molecule has 1 unspecified atom stereocenters. The summed E-state index contributed by atoms with van der Waals surface area (Å²) in [5, 5.41) is 6.98. The molecule has 7 nitrogen and oxygen atoms in total. The second kappa shape index (κ2) is 7.75. The summed E-state index contributed by atoms with van der Waals surface area (Å²) in [6.45, 7) is 0.530. The Morgan fingerprint density at radius 1 is 1.21 bits per heavy atom. The zero-order valence-corrected chi connectivity index (χ0v) is 15.7. The number of aryl methyl sites for hydroxylation is 1. The van der Waals surface area contributed by atoms with Crippen molar-refractivity contribution in [1.82, 2.24) is 15.1 Å². The number of halogens is 1. The van der Waals surface area contributed by atoms with Gasteiger partial charge in [-0.15, -0.1) is 0 Å². The lowest BCUT2D eigenvalue weighted by Crippen LogP contribution is -2.34. The van der Waals surface area contributed by atoms with Gasteiger partial charge in [-0.25, -0.2) is 9.18 Å². The molecule has 2 heterocycles. The van der Waals surface area contributed by atoms with E-state index >= 15 is 0 Å².